The number of nitrogens with zero attached hydrogens (tertiary/aromatic N) is 7. The number of amides is 1. The number of anilines is 1. The molecule has 140 valence electrons. The minimum Gasteiger partial charge on any atom is -0.467 e. The molecule has 0 unspecified atom stereocenters. The quantitative estimate of drug-likeness (QED) is 0.753. The summed E-state index contributed by atoms with van der Waals surface area (Å²) in [6, 6.07) is 2.32. The van der Waals surface area contributed by atoms with E-state index in [2.05, 4.69) is 20.1 Å². The number of hydrogen-bond acceptors (Lipinski definition) is 8. The molecule has 0 aromatic carbocycles. The fraction of sp³-hybridized carbons (Fsp3) is 0.562. The van der Waals surface area contributed by atoms with Crippen LogP contribution in [0.2, 0.25) is 0 Å². The summed E-state index contributed by atoms with van der Waals surface area (Å²) in [6.07, 6.45) is 3.39. The van der Waals surface area contributed by atoms with Gasteiger partial charge in [-0.3, -0.25) is 9.48 Å². The summed E-state index contributed by atoms with van der Waals surface area (Å²) in [6.45, 7) is 1.45. The van der Waals surface area contributed by atoms with Gasteiger partial charge in [-0.05, 0) is 18.9 Å². The van der Waals surface area contributed by atoms with Crippen molar-refractivity contribution in [3.8, 4) is 12.0 Å². The van der Waals surface area contributed by atoms with E-state index in [9.17, 15) is 4.79 Å². The Balaban J connectivity index is 1.64. The van der Waals surface area contributed by atoms with Crippen LogP contribution in [-0.4, -0.2) is 75.9 Å². The highest BCUT2D eigenvalue weighted by Crippen LogP contribution is 2.22. The molecule has 1 fully saturated rings. The zero-order chi connectivity index (χ0) is 18.7. The maximum Gasteiger partial charge on any atom is 0.324 e. The molecule has 0 aliphatic carbocycles. The first-order valence-corrected chi connectivity index (χ1v) is 8.37. The molecular weight excluding hydrogens is 338 g/mol. The van der Waals surface area contributed by atoms with Gasteiger partial charge < -0.3 is 19.3 Å². The Bertz CT molecular complexity index is 749. The van der Waals surface area contributed by atoms with E-state index < -0.39 is 0 Å². The van der Waals surface area contributed by atoms with Crippen molar-refractivity contribution in [2.75, 3.05) is 39.3 Å². The zero-order valence-electron chi connectivity index (χ0n) is 15.4. The van der Waals surface area contributed by atoms with Gasteiger partial charge >= 0.3 is 12.0 Å². The first-order chi connectivity index (χ1) is 12.5. The lowest BCUT2D eigenvalue weighted by molar-refractivity contribution is 0.0702. The van der Waals surface area contributed by atoms with Crippen molar-refractivity contribution < 1.29 is 14.3 Å². The van der Waals surface area contributed by atoms with Gasteiger partial charge in [-0.25, -0.2) is 0 Å². The molecule has 0 spiro atoms. The molecule has 1 aliphatic heterocycles. The summed E-state index contributed by atoms with van der Waals surface area (Å²) in [4.78, 5) is 28.9. The topological polar surface area (TPSA) is 98.5 Å². The van der Waals surface area contributed by atoms with Gasteiger partial charge in [-0.1, -0.05) is 0 Å². The van der Waals surface area contributed by atoms with Gasteiger partial charge in [0.25, 0.3) is 5.91 Å². The molecule has 2 aromatic rings. The van der Waals surface area contributed by atoms with E-state index in [0.29, 0.717) is 11.6 Å². The van der Waals surface area contributed by atoms with Crippen LogP contribution in [0.1, 0.15) is 23.3 Å². The molecule has 3 rings (SSSR count). The number of ether oxygens (including phenoxy) is 2. The zero-order valence-corrected chi connectivity index (χ0v) is 15.4. The van der Waals surface area contributed by atoms with Gasteiger partial charge in [0.1, 0.15) is 5.69 Å². The Hall–Kier alpha value is -2.91. The molecule has 0 bridgehead atoms. The number of rotatable bonds is 5. The maximum atomic E-state index is 12.5. The highest BCUT2D eigenvalue weighted by Gasteiger charge is 2.28. The third-order valence-electron chi connectivity index (χ3n) is 4.50. The normalized spacial score (nSPS) is 15.0. The van der Waals surface area contributed by atoms with Gasteiger partial charge in [0.15, 0.2) is 0 Å². The van der Waals surface area contributed by atoms with E-state index in [4.69, 9.17) is 9.47 Å². The SMILES string of the molecule is COc1nc(OC)nc(N2CCC(N(C)C(=O)c3ccn(C)n3)CC2)n1. The second-order valence-electron chi connectivity index (χ2n) is 6.12. The van der Waals surface area contributed by atoms with E-state index in [-0.39, 0.29) is 24.0 Å². The summed E-state index contributed by atoms with van der Waals surface area (Å²) < 4.78 is 11.8. The molecule has 0 saturated carbocycles. The van der Waals surface area contributed by atoms with E-state index in [0.717, 1.165) is 25.9 Å². The van der Waals surface area contributed by atoms with E-state index >= 15 is 0 Å². The number of hydrogen-bond donors (Lipinski definition) is 0. The van der Waals surface area contributed by atoms with Crippen molar-refractivity contribution in [1.29, 1.82) is 0 Å². The molecule has 1 aliphatic rings. The van der Waals surface area contributed by atoms with Crippen LogP contribution in [-0.2, 0) is 7.05 Å². The largest absolute Gasteiger partial charge is 0.467 e. The molecule has 0 N–H and O–H groups in total. The second-order valence-corrected chi connectivity index (χ2v) is 6.12. The Morgan fingerprint density at radius 1 is 1.15 bits per heavy atom. The van der Waals surface area contributed by atoms with E-state index in [1.165, 1.54) is 14.2 Å². The summed E-state index contributed by atoms with van der Waals surface area (Å²) in [5, 5.41) is 4.19. The van der Waals surface area contributed by atoms with Gasteiger partial charge in [0.2, 0.25) is 5.95 Å². The van der Waals surface area contributed by atoms with Crippen LogP contribution in [0.15, 0.2) is 12.3 Å². The van der Waals surface area contributed by atoms with Crippen LogP contribution < -0.4 is 14.4 Å². The number of methoxy groups -OCH3 is 2. The Labute approximate surface area is 151 Å². The summed E-state index contributed by atoms with van der Waals surface area (Å²) in [7, 11) is 6.63. The molecule has 3 heterocycles. The monoisotopic (exact) mass is 361 g/mol. The van der Waals surface area contributed by atoms with Crippen LogP contribution in [0.3, 0.4) is 0 Å². The Morgan fingerprint density at radius 2 is 1.77 bits per heavy atom. The van der Waals surface area contributed by atoms with Crippen molar-refractivity contribution in [3.05, 3.63) is 18.0 Å². The molecular formula is C16H23N7O3. The highest BCUT2D eigenvalue weighted by atomic mass is 16.5. The smallest absolute Gasteiger partial charge is 0.324 e. The van der Waals surface area contributed by atoms with Gasteiger partial charge in [0, 0.05) is 39.4 Å². The lowest BCUT2D eigenvalue weighted by atomic mass is 10.0. The second kappa shape index (κ2) is 7.54. The lowest BCUT2D eigenvalue weighted by Gasteiger charge is -2.36. The van der Waals surface area contributed by atoms with Crippen molar-refractivity contribution in [1.82, 2.24) is 29.6 Å². The molecule has 26 heavy (non-hydrogen) atoms. The molecule has 1 saturated heterocycles. The first-order valence-electron chi connectivity index (χ1n) is 8.37. The molecule has 1 amide bonds. The number of carbonyl (C=O) groups is 1. The fourth-order valence-corrected chi connectivity index (χ4v) is 2.98. The van der Waals surface area contributed by atoms with Crippen LogP contribution in [0.5, 0.6) is 12.0 Å². The predicted octanol–water partition coefficient (Wildman–Crippen LogP) is 0.363. The van der Waals surface area contributed by atoms with Crippen molar-refractivity contribution in [2.24, 2.45) is 7.05 Å². The molecule has 2 aromatic heterocycles. The highest BCUT2D eigenvalue weighted by molar-refractivity contribution is 5.92. The average Bonchev–Trinajstić information content (AvgIpc) is 3.12. The summed E-state index contributed by atoms with van der Waals surface area (Å²) >= 11 is 0. The molecule has 0 radical (unpaired) electrons. The summed E-state index contributed by atoms with van der Waals surface area (Å²) in [5.41, 5.74) is 0.462. The Kier molecular flexibility index (Phi) is 5.19. The third kappa shape index (κ3) is 3.68. The lowest BCUT2D eigenvalue weighted by Crippen LogP contribution is -2.46. The van der Waals surface area contributed by atoms with E-state index in [1.807, 2.05) is 11.9 Å². The fourth-order valence-electron chi connectivity index (χ4n) is 2.98. The number of piperidine rings is 1. The molecule has 0 atom stereocenters. The van der Waals surface area contributed by atoms with Gasteiger partial charge in [0.05, 0.1) is 14.2 Å². The Morgan fingerprint density at radius 3 is 2.27 bits per heavy atom. The van der Waals surface area contributed by atoms with Crippen molar-refractivity contribution in [3.63, 3.8) is 0 Å². The molecule has 10 nitrogen and oxygen atoms in total. The number of carbonyl (C=O) groups excluding carboxylic acids is 1. The van der Waals surface area contributed by atoms with Crippen molar-refractivity contribution >= 4 is 11.9 Å². The minimum absolute atomic E-state index is 0.0625. The van der Waals surface area contributed by atoms with Crippen LogP contribution in [0.4, 0.5) is 5.95 Å². The average molecular weight is 361 g/mol. The van der Waals surface area contributed by atoms with Gasteiger partial charge in [-0.2, -0.15) is 15.1 Å². The predicted molar refractivity (Wildman–Crippen MR) is 93.5 cm³/mol. The third-order valence-corrected chi connectivity index (χ3v) is 4.50. The van der Waals surface area contributed by atoms with E-state index in [1.54, 1.807) is 28.9 Å². The number of aromatic nitrogens is 5. The van der Waals surface area contributed by atoms with Crippen LogP contribution >= 0.6 is 0 Å². The van der Waals surface area contributed by atoms with Gasteiger partial charge in [-0.15, -0.1) is 4.98 Å². The van der Waals surface area contributed by atoms with Crippen LogP contribution in [0, 0.1) is 0 Å². The summed E-state index contributed by atoms with van der Waals surface area (Å²) in [5.74, 6) is 0.457. The number of aryl methyl sites for hydroxylation is 1. The first kappa shape index (κ1) is 17.9. The minimum atomic E-state index is -0.0625. The van der Waals surface area contributed by atoms with Crippen molar-refractivity contribution in [2.45, 2.75) is 18.9 Å². The standard InChI is InChI=1S/C16H23N7O3/c1-21-8-7-12(20-21)13(24)22(2)11-5-9-23(10-6-11)14-17-15(25-3)19-16(18-14)26-4/h7-8,11H,5-6,9-10H2,1-4H3. The van der Waals surface area contributed by atoms with Crippen LogP contribution in [0.25, 0.3) is 0 Å². The maximum absolute atomic E-state index is 12.5. The molecule has 10 heteroatoms.